The second kappa shape index (κ2) is 4.42. The summed E-state index contributed by atoms with van der Waals surface area (Å²) in [5, 5.41) is 0.352. The highest BCUT2D eigenvalue weighted by atomic mass is 35.5. The van der Waals surface area contributed by atoms with Gasteiger partial charge in [-0.3, -0.25) is 4.90 Å². The smallest absolute Gasteiger partial charge is 0.224 e. The molecule has 0 unspecified atom stereocenters. The lowest BCUT2D eigenvalue weighted by Gasteiger charge is -2.35. The van der Waals surface area contributed by atoms with E-state index in [9.17, 15) is 0 Å². The van der Waals surface area contributed by atoms with Crippen LogP contribution in [0.15, 0.2) is 6.07 Å². The highest BCUT2D eigenvalue weighted by molar-refractivity contribution is 6.28. The molecule has 4 nitrogen and oxygen atoms in total. The number of halogens is 1. The maximum absolute atomic E-state index is 5.90. The van der Waals surface area contributed by atoms with Crippen LogP contribution in [0.3, 0.4) is 0 Å². The van der Waals surface area contributed by atoms with E-state index < -0.39 is 0 Å². The zero-order valence-electron chi connectivity index (χ0n) is 10.1. The Balaban J connectivity index is 1.68. The van der Waals surface area contributed by atoms with E-state index in [4.69, 9.17) is 11.6 Å². The molecular formula is C12H17ClN4. The number of aromatic nitrogens is 2. The lowest BCUT2D eigenvalue weighted by atomic mass is 10.3. The molecule has 0 radical (unpaired) electrons. The van der Waals surface area contributed by atoms with E-state index in [0.717, 1.165) is 43.7 Å². The van der Waals surface area contributed by atoms with Gasteiger partial charge in [-0.05, 0) is 31.4 Å². The number of rotatable bonds is 2. The highest BCUT2D eigenvalue weighted by Crippen LogP contribution is 2.28. The summed E-state index contributed by atoms with van der Waals surface area (Å²) >= 11 is 5.90. The molecule has 3 rings (SSSR count). The van der Waals surface area contributed by atoms with Crippen molar-refractivity contribution in [3.63, 3.8) is 0 Å². The third kappa shape index (κ3) is 2.53. The van der Waals surface area contributed by atoms with Crippen molar-refractivity contribution in [2.45, 2.75) is 25.8 Å². The van der Waals surface area contributed by atoms with Crippen LogP contribution < -0.4 is 4.90 Å². The molecule has 17 heavy (non-hydrogen) atoms. The second-order valence-corrected chi connectivity index (χ2v) is 5.23. The van der Waals surface area contributed by atoms with Crippen molar-refractivity contribution in [1.29, 1.82) is 0 Å². The van der Waals surface area contributed by atoms with Gasteiger partial charge in [-0.2, -0.15) is 0 Å². The lowest BCUT2D eigenvalue weighted by Crippen LogP contribution is -2.47. The molecule has 2 fully saturated rings. The third-order valence-electron chi connectivity index (χ3n) is 3.51. The van der Waals surface area contributed by atoms with Crippen LogP contribution in [-0.2, 0) is 0 Å². The monoisotopic (exact) mass is 252 g/mol. The first-order valence-corrected chi connectivity index (χ1v) is 6.60. The minimum atomic E-state index is 0.352. The minimum Gasteiger partial charge on any atom is -0.354 e. The first-order chi connectivity index (χ1) is 8.22. The van der Waals surface area contributed by atoms with Gasteiger partial charge in [0, 0.05) is 44.0 Å². The van der Waals surface area contributed by atoms with E-state index in [1.807, 2.05) is 13.0 Å². The Morgan fingerprint density at radius 3 is 2.47 bits per heavy atom. The molecule has 1 aromatic heterocycles. The summed E-state index contributed by atoms with van der Waals surface area (Å²) in [6, 6.07) is 2.88. The van der Waals surface area contributed by atoms with Crippen LogP contribution in [0, 0.1) is 6.92 Å². The second-order valence-electron chi connectivity index (χ2n) is 4.89. The summed E-state index contributed by atoms with van der Waals surface area (Å²) in [5.74, 6) is 0.970. The van der Waals surface area contributed by atoms with E-state index >= 15 is 0 Å². The fourth-order valence-corrected chi connectivity index (χ4v) is 2.65. The summed E-state index contributed by atoms with van der Waals surface area (Å²) < 4.78 is 0. The van der Waals surface area contributed by atoms with Gasteiger partial charge in [-0.1, -0.05) is 0 Å². The molecule has 0 amide bonds. The van der Waals surface area contributed by atoms with E-state index in [1.165, 1.54) is 12.8 Å². The Kier molecular flexibility index (Phi) is 2.92. The van der Waals surface area contributed by atoms with Crippen molar-refractivity contribution < 1.29 is 0 Å². The maximum atomic E-state index is 5.90. The van der Waals surface area contributed by atoms with Crippen LogP contribution in [0.4, 0.5) is 5.82 Å². The van der Waals surface area contributed by atoms with Crippen molar-refractivity contribution in [2.24, 2.45) is 0 Å². The molecule has 0 bridgehead atoms. The molecule has 5 heteroatoms. The van der Waals surface area contributed by atoms with Crippen LogP contribution >= 0.6 is 11.6 Å². The zero-order chi connectivity index (χ0) is 11.8. The minimum absolute atomic E-state index is 0.352. The molecule has 1 aromatic rings. The van der Waals surface area contributed by atoms with E-state index in [2.05, 4.69) is 19.8 Å². The van der Waals surface area contributed by atoms with Crippen LogP contribution in [0.25, 0.3) is 0 Å². The van der Waals surface area contributed by atoms with E-state index in [1.54, 1.807) is 0 Å². The van der Waals surface area contributed by atoms with Gasteiger partial charge in [0.1, 0.15) is 5.82 Å². The Bertz CT molecular complexity index is 391. The zero-order valence-corrected chi connectivity index (χ0v) is 10.8. The van der Waals surface area contributed by atoms with Crippen molar-refractivity contribution in [3.8, 4) is 0 Å². The first kappa shape index (κ1) is 11.2. The summed E-state index contributed by atoms with van der Waals surface area (Å²) in [6.07, 6.45) is 2.77. The molecule has 0 aromatic carbocycles. The van der Waals surface area contributed by atoms with Gasteiger partial charge in [0.25, 0.3) is 0 Å². The lowest BCUT2D eigenvalue weighted by molar-refractivity contribution is 0.247. The topological polar surface area (TPSA) is 32.3 Å². The van der Waals surface area contributed by atoms with Gasteiger partial charge >= 0.3 is 0 Å². The molecule has 1 aliphatic carbocycles. The Morgan fingerprint density at radius 1 is 1.18 bits per heavy atom. The van der Waals surface area contributed by atoms with Crippen molar-refractivity contribution in [1.82, 2.24) is 14.9 Å². The molecule has 1 saturated carbocycles. The molecular weight excluding hydrogens is 236 g/mol. The number of nitrogens with zero attached hydrogens (tertiary/aromatic N) is 4. The third-order valence-corrected chi connectivity index (χ3v) is 3.68. The van der Waals surface area contributed by atoms with Gasteiger partial charge in [-0.25, -0.2) is 9.97 Å². The predicted octanol–water partition coefficient (Wildman–Crippen LogP) is 1.72. The van der Waals surface area contributed by atoms with Gasteiger partial charge in [0.15, 0.2) is 0 Å². The SMILES string of the molecule is Cc1cc(N2CCN(C3CC3)CC2)nc(Cl)n1. The number of piperazine rings is 1. The number of aryl methyl sites for hydroxylation is 1. The molecule has 2 aliphatic rings. The van der Waals surface area contributed by atoms with Gasteiger partial charge in [0.05, 0.1) is 0 Å². The van der Waals surface area contributed by atoms with E-state index in [0.29, 0.717) is 5.28 Å². The largest absolute Gasteiger partial charge is 0.354 e. The normalized spacial score (nSPS) is 21.9. The van der Waals surface area contributed by atoms with Gasteiger partial charge < -0.3 is 4.90 Å². The standard InChI is InChI=1S/C12H17ClN4/c1-9-8-11(15-12(13)14-9)17-6-4-16(5-7-17)10-2-3-10/h8,10H,2-7H2,1H3. The summed E-state index contributed by atoms with van der Waals surface area (Å²) in [4.78, 5) is 13.3. The van der Waals surface area contributed by atoms with Crippen LogP contribution in [0.1, 0.15) is 18.5 Å². The van der Waals surface area contributed by atoms with E-state index in [-0.39, 0.29) is 0 Å². The predicted molar refractivity (Wildman–Crippen MR) is 68.6 cm³/mol. The molecule has 0 atom stereocenters. The summed E-state index contributed by atoms with van der Waals surface area (Å²) in [7, 11) is 0. The van der Waals surface area contributed by atoms with Crippen LogP contribution in [0.2, 0.25) is 5.28 Å². The van der Waals surface area contributed by atoms with Crippen molar-refractivity contribution >= 4 is 17.4 Å². The molecule has 1 aliphatic heterocycles. The molecule has 1 saturated heterocycles. The number of hydrogen-bond acceptors (Lipinski definition) is 4. The average molecular weight is 253 g/mol. The molecule has 2 heterocycles. The molecule has 0 spiro atoms. The summed E-state index contributed by atoms with van der Waals surface area (Å²) in [6.45, 7) is 6.33. The maximum Gasteiger partial charge on any atom is 0.224 e. The van der Waals surface area contributed by atoms with Gasteiger partial charge in [-0.15, -0.1) is 0 Å². The fraction of sp³-hybridized carbons (Fsp3) is 0.667. The van der Waals surface area contributed by atoms with Crippen molar-refractivity contribution in [2.75, 3.05) is 31.1 Å². The van der Waals surface area contributed by atoms with Crippen LogP contribution in [0.5, 0.6) is 0 Å². The Labute approximate surface area is 107 Å². The highest BCUT2D eigenvalue weighted by Gasteiger charge is 2.31. The summed E-state index contributed by atoms with van der Waals surface area (Å²) in [5.41, 5.74) is 0.935. The molecule has 92 valence electrons. The van der Waals surface area contributed by atoms with Crippen LogP contribution in [-0.4, -0.2) is 47.1 Å². The number of hydrogen-bond donors (Lipinski definition) is 0. The quantitative estimate of drug-likeness (QED) is 0.751. The Hall–Kier alpha value is -0.870. The fourth-order valence-electron chi connectivity index (χ4n) is 2.43. The average Bonchev–Trinajstić information content (AvgIpc) is 3.12. The number of anilines is 1. The van der Waals surface area contributed by atoms with Crippen molar-refractivity contribution in [3.05, 3.63) is 17.0 Å². The first-order valence-electron chi connectivity index (χ1n) is 6.22. The van der Waals surface area contributed by atoms with Gasteiger partial charge in [0.2, 0.25) is 5.28 Å². The Morgan fingerprint density at radius 2 is 1.88 bits per heavy atom. The molecule has 0 N–H and O–H groups in total.